The molecule has 1 aromatic rings. The van der Waals surface area contributed by atoms with Crippen molar-refractivity contribution in [1.82, 2.24) is 20.0 Å². The molecule has 1 amide bonds. The quantitative estimate of drug-likeness (QED) is 0.703. The molecule has 6 nitrogen and oxygen atoms in total. The van der Waals surface area contributed by atoms with E-state index in [2.05, 4.69) is 22.0 Å². The van der Waals surface area contributed by atoms with Crippen molar-refractivity contribution in [3.8, 4) is 0 Å². The zero-order valence-corrected chi connectivity index (χ0v) is 17.9. The van der Waals surface area contributed by atoms with Gasteiger partial charge in [0.1, 0.15) is 0 Å². The molecular weight excluding hydrogens is 372 g/mol. The van der Waals surface area contributed by atoms with Crippen LogP contribution < -0.4 is 0 Å². The van der Waals surface area contributed by atoms with Gasteiger partial charge in [-0.2, -0.15) is 0 Å². The Morgan fingerprint density at radius 2 is 1.71 bits per heavy atom. The maximum Gasteiger partial charge on any atom is 0.277 e. The van der Waals surface area contributed by atoms with Crippen molar-refractivity contribution in [3.05, 3.63) is 5.89 Å². The number of rotatable bonds is 5. The Hall–Kier alpha value is -1.08. The molecule has 154 valence electrons. The molecule has 4 saturated carbocycles. The molecule has 5 fully saturated rings. The molecule has 1 aromatic heterocycles. The molecule has 4 bridgehead atoms. The third-order valence-electron chi connectivity index (χ3n) is 7.65. The van der Waals surface area contributed by atoms with Crippen LogP contribution in [0.5, 0.6) is 0 Å². The summed E-state index contributed by atoms with van der Waals surface area (Å²) >= 11 is 1.43. The minimum absolute atomic E-state index is 0.129. The Morgan fingerprint density at radius 1 is 1.11 bits per heavy atom. The van der Waals surface area contributed by atoms with Gasteiger partial charge in [0.2, 0.25) is 11.8 Å². The van der Waals surface area contributed by atoms with E-state index in [0.717, 1.165) is 56.4 Å². The van der Waals surface area contributed by atoms with E-state index in [1.807, 2.05) is 11.8 Å². The van der Waals surface area contributed by atoms with Crippen LogP contribution in [-0.2, 0) is 10.2 Å². The van der Waals surface area contributed by atoms with Gasteiger partial charge in [0.15, 0.2) is 0 Å². The zero-order chi connectivity index (χ0) is 19.3. The number of hydrogen-bond donors (Lipinski definition) is 0. The highest BCUT2D eigenvalue weighted by molar-refractivity contribution is 8.00. The first-order valence-electron chi connectivity index (χ1n) is 11.1. The first-order chi connectivity index (χ1) is 13.5. The van der Waals surface area contributed by atoms with Crippen LogP contribution in [0, 0.1) is 17.8 Å². The molecule has 2 heterocycles. The molecule has 0 aromatic carbocycles. The monoisotopic (exact) mass is 404 g/mol. The van der Waals surface area contributed by atoms with Crippen molar-refractivity contribution in [2.45, 2.75) is 68.3 Å². The molecule has 5 aliphatic rings. The predicted octanol–water partition coefficient (Wildman–Crippen LogP) is 3.18. The number of carbonyl (C=O) groups excluding carboxylic acids is 1. The second-order valence-electron chi connectivity index (χ2n) is 9.59. The molecule has 1 saturated heterocycles. The van der Waals surface area contributed by atoms with Crippen LogP contribution in [-0.4, -0.2) is 63.9 Å². The number of nitrogens with zero attached hydrogens (tertiary/aromatic N) is 4. The van der Waals surface area contributed by atoms with Crippen molar-refractivity contribution in [1.29, 1.82) is 0 Å². The smallest absolute Gasteiger partial charge is 0.277 e. The van der Waals surface area contributed by atoms with E-state index in [9.17, 15) is 4.79 Å². The van der Waals surface area contributed by atoms with E-state index in [4.69, 9.17) is 4.42 Å². The fraction of sp³-hybridized carbons (Fsp3) is 0.857. The molecule has 28 heavy (non-hydrogen) atoms. The molecule has 1 aliphatic heterocycles. The van der Waals surface area contributed by atoms with Crippen LogP contribution in [0.1, 0.15) is 58.3 Å². The van der Waals surface area contributed by atoms with E-state index in [-0.39, 0.29) is 16.6 Å². The summed E-state index contributed by atoms with van der Waals surface area (Å²) in [6, 6.07) is 0. The lowest BCUT2D eigenvalue weighted by atomic mass is 9.49. The fourth-order valence-corrected chi connectivity index (χ4v) is 7.35. The van der Waals surface area contributed by atoms with Crippen LogP contribution in [0.4, 0.5) is 0 Å². The number of thioether (sulfide) groups is 1. The minimum atomic E-state index is -0.183. The summed E-state index contributed by atoms with van der Waals surface area (Å²) in [6.45, 7) is 8.77. The first-order valence-corrected chi connectivity index (χ1v) is 11.9. The molecule has 0 radical (unpaired) electrons. The van der Waals surface area contributed by atoms with Gasteiger partial charge in [0, 0.05) is 31.6 Å². The van der Waals surface area contributed by atoms with Gasteiger partial charge >= 0.3 is 0 Å². The largest absolute Gasteiger partial charge is 0.415 e. The highest BCUT2D eigenvalue weighted by atomic mass is 32.2. The van der Waals surface area contributed by atoms with Crippen molar-refractivity contribution in [2.75, 3.05) is 32.7 Å². The predicted molar refractivity (Wildman–Crippen MR) is 108 cm³/mol. The van der Waals surface area contributed by atoms with Gasteiger partial charge in [-0.05, 0) is 69.7 Å². The summed E-state index contributed by atoms with van der Waals surface area (Å²) in [6.07, 6.45) is 7.90. The highest BCUT2D eigenvalue weighted by Crippen LogP contribution is 2.60. The standard InChI is InChI=1S/C21H32N4O2S/c1-3-24-4-6-25(7-5-24)18(26)14(2)28-20-23-22-19(27-20)21-11-15-8-16(12-21)10-17(9-15)13-21/h14-17H,3-13H2,1-2H3/t14-,15?,16?,17?,21?/m0/s1. The van der Waals surface area contributed by atoms with Gasteiger partial charge in [-0.3, -0.25) is 4.79 Å². The average molecular weight is 405 g/mol. The molecule has 0 N–H and O–H groups in total. The van der Waals surface area contributed by atoms with Gasteiger partial charge in [-0.25, -0.2) is 0 Å². The number of hydrogen-bond acceptors (Lipinski definition) is 6. The second-order valence-corrected chi connectivity index (χ2v) is 10.9. The first kappa shape index (κ1) is 18.9. The Morgan fingerprint density at radius 3 is 2.29 bits per heavy atom. The van der Waals surface area contributed by atoms with Crippen molar-refractivity contribution in [3.63, 3.8) is 0 Å². The van der Waals surface area contributed by atoms with Gasteiger partial charge in [-0.1, -0.05) is 18.7 Å². The molecule has 1 atom stereocenters. The second kappa shape index (κ2) is 7.31. The van der Waals surface area contributed by atoms with Gasteiger partial charge < -0.3 is 14.2 Å². The van der Waals surface area contributed by atoms with Gasteiger partial charge in [0.25, 0.3) is 5.22 Å². The number of carbonyl (C=O) groups is 1. The molecule has 7 heteroatoms. The van der Waals surface area contributed by atoms with E-state index in [1.54, 1.807) is 0 Å². The van der Waals surface area contributed by atoms with E-state index in [1.165, 1.54) is 50.3 Å². The third kappa shape index (κ3) is 3.38. The van der Waals surface area contributed by atoms with Crippen LogP contribution in [0.25, 0.3) is 0 Å². The van der Waals surface area contributed by atoms with Crippen LogP contribution in [0.2, 0.25) is 0 Å². The Labute approximate surface area is 171 Å². The average Bonchev–Trinajstić information content (AvgIpc) is 3.16. The summed E-state index contributed by atoms with van der Waals surface area (Å²) in [5.74, 6) is 3.62. The minimum Gasteiger partial charge on any atom is -0.415 e. The normalized spacial score (nSPS) is 36.1. The molecule has 6 rings (SSSR count). The maximum absolute atomic E-state index is 12.8. The van der Waals surface area contributed by atoms with E-state index in [0.29, 0.717) is 5.22 Å². The van der Waals surface area contributed by atoms with Crippen molar-refractivity contribution in [2.24, 2.45) is 17.8 Å². The maximum atomic E-state index is 12.8. The van der Waals surface area contributed by atoms with Crippen molar-refractivity contribution < 1.29 is 9.21 Å². The number of likely N-dealkylation sites (N-methyl/N-ethyl adjacent to an activating group) is 1. The summed E-state index contributed by atoms with van der Waals surface area (Å²) in [5.41, 5.74) is 0.129. The van der Waals surface area contributed by atoms with Crippen molar-refractivity contribution >= 4 is 17.7 Å². The Balaban J connectivity index is 1.23. The van der Waals surface area contributed by atoms with Crippen LogP contribution in [0.15, 0.2) is 9.64 Å². The highest BCUT2D eigenvalue weighted by Gasteiger charge is 2.54. The topological polar surface area (TPSA) is 62.5 Å². The zero-order valence-electron chi connectivity index (χ0n) is 17.1. The van der Waals surface area contributed by atoms with E-state index < -0.39 is 0 Å². The number of amides is 1. The SMILES string of the molecule is CCN1CCN(C(=O)[C@H](C)Sc2nnc(C34CC5CC(CC(C5)C3)C4)o2)CC1. The lowest BCUT2D eigenvalue weighted by Crippen LogP contribution is -2.50. The van der Waals surface area contributed by atoms with Gasteiger partial charge in [0.05, 0.1) is 5.25 Å². The Kier molecular flexibility index (Phi) is 4.94. The summed E-state index contributed by atoms with van der Waals surface area (Å²) < 4.78 is 6.17. The fourth-order valence-electron chi connectivity index (χ4n) is 6.59. The number of aromatic nitrogens is 2. The van der Waals surface area contributed by atoms with Crippen LogP contribution in [0.3, 0.4) is 0 Å². The van der Waals surface area contributed by atoms with Crippen LogP contribution >= 0.6 is 11.8 Å². The lowest BCUT2D eigenvalue weighted by molar-refractivity contribution is -0.132. The van der Waals surface area contributed by atoms with Gasteiger partial charge in [-0.15, -0.1) is 10.2 Å². The molecule has 4 aliphatic carbocycles. The molecule has 0 unspecified atom stereocenters. The molecular formula is C21H32N4O2S. The third-order valence-corrected chi connectivity index (χ3v) is 8.58. The lowest BCUT2D eigenvalue weighted by Gasteiger charge is -2.55. The summed E-state index contributed by atoms with van der Waals surface area (Å²) in [7, 11) is 0. The molecule has 0 spiro atoms. The van der Waals surface area contributed by atoms with E-state index >= 15 is 0 Å². The Bertz CT molecular complexity index is 692. The summed E-state index contributed by atoms with van der Waals surface area (Å²) in [5, 5.41) is 9.20. The number of piperazine rings is 1. The summed E-state index contributed by atoms with van der Waals surface area (Å²) in [4.78, 5) is 17.2.